The summed E-state index contributed by atoms with van der Waals surface area (Å²) in [4.78, 5) is 0. The maximum Gasteiger partial charge on any atom is 0.0701 e. The van der Waals surface area contributed by atoms with Crippen LogP contribution in [0.2, 0.25) is 0 Å². The summed E-state index contributed by atoms with van der Waals surface area (Å²) in [6, 6.07) is 0. The van der Waals surface area contributed by atoms with Gasteiger partial charge < -0.3 is 9.84 Å². The predicted octanol–water partition coefficient (Wildman–Crippen LogP) is 2.74. The van der Waals surface area contributed by atoms with Crippen LogP contribution in [0.3, 0.4) is 0 Å². The van der Waals surface area contributed by atoms with Gasteiger partial charge in [0.2, 0.25) is 0 Å². The zero-order valence-corrected chi connectivity index (χ0v) is 9.09. The Labute approximate surface area is 82.3 Å². The minimum atomic E-state index is 0.147. The molecule has 0 aliphatic carbocycles. The maximum atomic E-state index is 8.63. The number of rotatable bonds is 9. The minimum Gasteiger partial charge on any atom is -0.394 e. The number of hydrogen-bond acceptors (Lipinski definition) is 2. The fourth-order valence-electron chi connectivity index (χ4n) is 1.47. The molecule has 80 valence electrons. The van der Waals surface area contributed by atoms with E-state index in [1.165, 1.54) is 25.7 Å². The average molecular weight is 188 g/mol. The van der Waals surface area contributed by atoms with Crippen molar-refractivity contribution >= 4 is 0 Å². The van der Waals surface area contributed by atoms with Crippen molar-refractivity contribution in [2.45, 2.75) is 58.5 Å². The van der Waals surface area contributed by atoms with E-state index in [1.807, 2.05) is 0 Å². The highest BCUT2D eigenvalue weighted by Crippen LogP contribution is 2.11. The molecule has 1 atom stereocenters. The topological polar surface area (TPSA) is 29.5 Å². The van der Waals surface area contributed by atoms with Crippen molar-refractivity contribution in [1.29, 1.82) is 0 Å². The van der Waals surface area contributed by atoms with E-state index < -0.39 is 0 Å². The van der Waals surface area contributed by atoms with E-state index in [0.717, 1.165) is 12.8 Å². The summed E-state index contributed by atoms with van der Waals surface area (Å²) in [6.07, 6.45) is 7.64. The van der Waals surface area contributed by atoms with E-state index in [4.69, 9.17) is 9.84 Å². The highest BCUT2D eigenvalue weighted by atomic mass is 16.5. The number of aliphatic hydroxyl groups is 1. The second kappa shape index (κ2) is 10.0. The smallest absolute Gasteiger partial charge is 0.0701 e. The molecule has 0 spiro atoms. The lowest BCUT2D eigenvalue weighted by atomic mass is 10.1. The first-order valence-corrected chi connectivity index (χ1v) is 5.57. The van der Waals surface area contributed by atoms with Crippen LogP contribution in [0.1, 0.15) is 52.4 Å². The molecule has 0 aliphatic heterocycles. The second-order valence-electron chi connectivity index (χ2n) is 3.50. The highest BCUT2D eigenvalue weighted by molar-refractivity contribution is 4.57. The van der Waals surface area contributed by atoms with Crippen LogP contribution in [0.15, 0.2) is 0 Å². The Hall–Kier alpha value is -0.0800. The molecule has 2 heteroatoms. The van der Waals surface area contributed by atoms with Crippen LogP contribution < -0.4 is 0 Å². The molecule has 1 unspecified atom stereocenters. The summed E-state index contributed by atoms with van der Waals surface area (Å²) < 4.78 is 5.53. The summed E-state index contributed by atoms with van der Waals surface area (Å²) in [5.41, 5.74) is 0. The molecule has 0 radical (unpaired) electrons. The van der Waals surface area contributed by atoms with Gasteiger partial charge >= 0.3 is 0 Å². The molecule has 13 heavy (non-hydrogen) atoms. The van der Waals surface area contributed by atoms with E-state index in [2.05, 4.69) is 13.8 Å². The number of ether oxygens (including phenoxy) is 1. The average Bonchev–Trinajstić information content (AvgIpc) is 2.14. The lowest BCUT2D eigenvalue weighted by Gasteiger charge is -2.16. The molecular formula is C11H24O2. The quantitative estimate of drug-likeness (QED) is 0.564. The number of unbranched alkanes of at least 4 members (excludes halogenated alkanes) is 2. The van der Waals surface area contributed by atoms with E-state index in [9.17, 15) is 0 Å². The minimum absolute atomic E-state index is 0.147. The third-order valence-corrected chi connectivity index (χ3v) is 2.19. The molecule has 0 saturated carbocycles. The fourth-order valence-corrected chi connectivity index (χ4v) is 1.47. The molecule has 0 aromatic rings. The zero-order valence-electron chi connectivity index (χ0n) is 9.09. The molecule has 0 aromatic carbocycles. The highest BCUT2D eigenvalue weighted by Gasteiger charge is 2.06. The van der Waals surface area contributed by atoms with E-state index in [0.29, 0.717) is 12.7 Å². The van der Waals surface area contributed by atoms with Crippen LogP contribution in [-0.4, -0.2) is 24.4 Å². The van der Waals surface area contributed by atoms with Gasteiger partial charge in [-0.15, -0.1) is 0 Å². The van der Waals surface area contributed by atoms with Crippen LogP contribution >= 0.6 is 0 Å². The van der Waals surface area contributed by atoms with Gasteiger partial charge in [0.15, 0.2) is 0 Å². The SMILES string of the molecule is CCCCCC(CCC)OCCO. The Morgan fingerprint density at radius 1 is 1.08 bits per heavy atom. The molecule has 0 aromatic heterocycles. The molecule has 0 fully saturated rings. The summed E-state index contributed by atoms with van der Waals surface area (Å²) >= 11 is 0. The van der Waals surface area contributed by atoms with E-state index in [-0.39, 0.29) is 6.61 Å². The molecule has 0 aliphatic rings. The van der Waals surface area contributed by atoms with Crippen molar-refractivity contribution in [2.24, 2.45) is 0 Å². The second-order valence-corrected chi connectivity index (χ2v) is 3.50. The zero-order chi connectivity index (χ0) is 9.94. The van der Waals surface area contributed by atoms with Crippen LogP contribution in [0.25, 0.3) is 0 Å². The van der Waals surface area contributed by atoms with Crippen molar-refractivity contribution in [1.82, 2.24) is 0 Å². The molecule has 0 bridgehead atoms. The Balaban J connectivity index is 3.41. The summed E-state index contributed by atoms with van der Waals surface area (Å²) in [5, 5.41) is 8.63. The lowest BCUT2D eigenvalue weighted by molar-refractivity contribution is 0.0178. The van der Waals surface area contributed by atoms with Gasteiger partial charge in [-0.05, 0) is 12.8 Å². The molecule has 0 amide bonds. The molecule has 0 heterocycles. The first-order valence-electron chi connectivity index (χ1n) is 5.57. The fraction of sp³-hybridized carbons (Fsp3) is 1.00. The van der Waals surface area contributed by atoms with Crippen molar-refractivity contribution in [3.8, 4) is 0 Å². The first kappa shape index (κ1) is 12.9. The van der Waals surface area contributed by atoms with Gasteiger partial charge in [0.25, 0.3) is 0 Å². The Morgan fingerprint density at radius 3 is 2.38 bits per heavy atom. The van der Waals surface area contributed by atoms with Gasteiger partial charge in [-0.1, -0.05) is 39.5 Å². The molecule has 0 rings (SSSR count). The predicted molar refractivity (Wildman–Crippen MR) is 55.9 cm³/mol. The van der Waals surface area contributed by atoms with Crippen molar-refractivity contribution < 1.29 is 9.84 Å². The van der Waals surface area contributed by atoms with Gasteiger partial charge in [0.05, 0.1) is 19.3 Å². The lowest BCUT2D eigenvalue weighted by Crippen LogP contribution is -2.15. The molecule has 0 saturated heterocycles. The van der Waals surface area contributed by atoms with E-state index in [1.54, 1.807) is 0 Å². The van der Waals surface area contributed by atoms with Gasteiger partial charge in [-0.25, -0.2) is 0 Å². The summed E-state index contributed by atoms with van der Waals surface area (Å²) in [6.45, 7) is 5.03. The third kappa shape index (κ3) is 8.26. The number of aliphatic hydroxyl groups excluding tert-OH is 1. The Morgan fingerprint density at radius 2 is 1.85 bits per heavy atom. The monoisotopic (exact) mass is 188 g/mol. The van der Waals surface area contributed by atoms with Gasteiger partial charge in [-0.3, -0.25) is 0 Å². The maximum absolute atomic E-state index is 8.63. The van der Waals surface area contributed by atoms with Gasteiger partial charge in [0, 0.05) is 0 Å². The first-order chi connectivity index (χ1) is 6.35. The van der Waals surface area contributed by atoms with Crippen LogP contribution in [0.5, 0.6) is 0 Å². The van der Waals surface area contributed by atoms with Crippen LogP contribution in [-0.2, 0) is 4.74 Å². The Bertz CT molecular complexity index is 94.1. The van der Waals surface area contributed by atoms with E-state index >= 15 is 0 Å². The summed E-state index contributed by atoms with van der Waals surface area (Å²) in [7, 11) is 0. The van der Waals surface area contributed by atoms with Crippen molar-refractivity contribution in [2.75, 3.05) is 13.2 Å². The van der Waals surface area contributed by atoms with Gasteiger partial charge in [0.1, 0.15) is 0 Å². The van der Waals surface area contributed by atoms with Crippen LogP contribution in [0, 0.1) is 0 Å². The normalized spacial score (nSPS) is 13.2. The van der Waals surface area contributed by atoms with Crippen molar-refractivity contribution in [3.05, 3.63) is 0 Å². The Kier molecular flexibility index (Phi) is 9.94. The standard InChI is InChI=1S/C11H24O2/c1-3-5-6-8-11(7-4-2)13-10-9-12/h11-12H,3-10H2,1-2H3. The van der Waals surface area contributed by atoms with Gasteiger partial charge in [-0.2, -0.15) is 0 Å². The molecular weight excluding hydrogens is 164 g/mol. The molecule has 1 N–H and O–H groups in total. The summed E-state index contributed by atoms with van der Waals surface area (Å²) in [5.74, 6) is 0. The van der Waals surface area contributed by atoms with Crippen molar-refractivity contribution in [3.63, 3.8) is 0 Å². The third-order valence-electron chi connectivity index (χ3n) is 2.19. The van der Waals surface area contributed by atoms with Crippen LogP contribution in [0.4, 0.5) is 0 Å². The number of hydrogen-bond donors (Lipinski definition) is 1. The molecule has 2 nitrogen and oxygen atoms in total. The largest absolute Gasteiger partial charge is 0.394 e.